The molecule has 5 N–H and O–H groups in total. The van der Waals surface area contributed by atoms with E-state index in [-0.39, 0.29) is 11.9 Å². The second-order valence-electron chi connectivity index (χ2n) is 5.64. The number of halogens is 3. The fourth-order valence-corrected chi connectivity index (χ4v) is 2.69. The zero-order valence-electron chi connectivity index (χ0n) is 13.8. The zero-order valence-corrected chi connectivity index (χ0v) is 13.8. The first-order valence-corrected chi connectivity index (χ1v) is 7.67. The number of hydrogen-bond acceptors (Lipinski definition) is 4. The van der Waals surface area contributed by atoms with E-state index >= 15 is 0 Å². The molecule has 1 unspecified atom stereocenters. The molecular formula is C16H18F3N3O4. The lowest BCUT2D eigenvalue weighted by Gasteiger charge is -2.23. The van der Waals surface area contributed by atoms with E-state index in [1.807, 2.05) is 18.2 Å². The van der Waals surface area contributed by atoms with Crippen LogP contribution in [-0.2, 0) is 11.2 Å². The molecule has 0 radical (unpaired) electrons. The quantitative estimate of drug-likeness (QED) is 0.655. The summed E-state index contributed by atoms with van der Waals surface area (Å²) in [6, 6.07) is 5.93. The van der Waals surface area contributed by atoms with Gasteiger partial charge in [-0.15, -0.1) is 0 Å². The Morgan fingerprint density at radius 2 is 2.08 bits per heavy atom. The van der Waals surface area contributed by atoms with Gasteiger partial charge in [0.25, 0.3) is 5.91 Å². The Balaban J connectivity index is 0.000000298. The molecule has 1 aromatic heterocycles. The summed E-state index contributed by atoms with van der Waals surface area (Å²) < 4.78 is 37.0. The Morgan fingerprint density at radius 1 is 1.42 bits per heavy atom. The van der Waals surface area contributed by atoms with Crippen LogP contribution in [0.25, 0.3) is 10.9 Å². The molecule has 0 fully saturated rings. The fraction of sp³-hybridized carbons (Fsp3) is 0.375. The van der Waals surface area contributed by atoms with E-state index in [0.717, 1.165) is 35.1 Å². The van der Waals surface area contributed by atoms with E-state index in [1.165, 1.54) is 0 Å². The number of hydrogen-bond donors (Lipinski definition) is 4. The van der Waals surface area contributed by atoms with Gasteiger partial charge in [-0.05, 0) is 43.1 Å². The molecule has 2 aromatic rings. The lowest BCUT2D eigenvalue weighted by molar-refractivity contribution is -0.192. The van der Waals surface area contributed by atoms with Gasteiger partial charge in [0.15, 0.2) is 0 Å². The number of rotatable bonds is 3. The van der Waals surface area contributed by atoms with Crippen LogP contribution in [0, 0.1) is 0 Å². The molecule has 10 heteroatoms. The predicted molar refractivity (Wildman–Crippen MR) is 87.2 cm³/mol. The number of H-pyrrole nitrogens is 1. The first-order valence-electron chi connectivity index (χ1n) is 7.67. The minimum absolute atomic E-state index is 0.0464. The smallest absolute Gasteiger partial charge is 0.490 e. The molecule has 2 heterocycles. The summed E-state index contributed by atoms with van der Waals surface area (Å²) in [5.74, 6) is -2.00. The maximum Gasteiger partial charge on any atom is 0.490 e. The first-order chi connectivity index (χ1) is 12.2. The van der Waals surface area contributed by atoms with Gasteiger partial charge in [-0.2, -0.15) is 13.2 Å². The van der Waals surface area contributed by atoms with Crippen molar-refractivity contribution in [2.75, 3.05) is 13.7 Å². The van der Waals surface area contributed by atoms with E-state index < -0.39 is 12.1 Å². The summed E-state index contributed by atoms with van der Waals surface area (Å²) in [5, 5.41) is 11.2. The largest absolute Gasteiger partial charge is 0.497 e. The Hall–Kier alpha value is -2.75. The summed E-state index contributed by atoms with van der Waals surface area (Å²) >= 11 is 0. The molecule has 0 bridgehead atoms. The van der Waals surface area contributed by atoms with E-state index in [1.54, 1.807) is 7.11 Å². The predicted octanol–water partition coefficient (Wildman–Crippen LogP) is 1.81. The number of carbonyl (C=O) groups is 2. The zero-order chi connectivity index (χ0) is 19.5. The molecule has 142 valence electrons. The van der Waals surface area contributed by atoms with E-state index in [4.69, 9.17) is 20.4 Å². The van der Waals surface area contributed by atoms with Crippen molar-refractivity contribution >= 4 is 22.8 Å². The number of alkyl halides is 3. The molecule has 26 heavy (non-hydrogen) atoms. The van der Waals surface area contributed by atoms with Gasteiger partial charge < -0.3 is 25.9 Å². The van der Waals surface area contributed by atoms with E-state index in [0.29, 0.717) is 12.2 Å². The van der Waals surface area contributed by atoms with Crippen molar-refractivity contribution in [2.24, 2.45) is 5.73 Å². The average molecular weight is 373 g/mol. The van der Waals surface area contributed by atoms with Gasteiger partial charge in [0.05, 0.1) is 7.11 Å². The van der Waals surface area contributed by atoms with E-state index in [2.05, 4.69) is 10.3 Å². The number of nitrogens with one attached hydrogen (secondary N) is 2. The van der Waals surface area contributed by atoms with Crippen LogP contribution >= 0.6 is 0 Å². The number of amides is 1. The van der Waals surface area contributed by atoms with Gasteiger partial charge in [-0.25, -0.2) is 4.79 Å². The Labute approximate surface area is 146 Å². The van der Waals surface area contributed by atoms with Crippen LogP contribution in [0.1, 0.15) is 22.5 Å². The Kier molecular flexibility index (Phi) is 5.76. The van der Waals surface area contributed by atoms with Gasteiger partial charge in [0.2, 0.25) is 0 Å². The number of aromatic nitrogens is 1. The SMILES string of the molecule is COc1ccc2[nH]c3c(c2c1)CC(CCN)NC3=O.O=C(O)C(F)(F)F. The number of benzene rings is 1. The van der Waals surface area contributed by atoms with Crippen molar-refractivity contribution in [2.45, 2.75) is 25.1 Å². The van der Waals surface area contributed by atoms with Gasteiger partial charge in [-0.3, -0.25) is 4.79 Å². The van der Waals surface area contributed by atoms with Gasteiger partial charge in [0, 0.05) is 16.9 Å². The highest BCUT2D eigenvalue weighted by Crippen LogP contribution is 2.30. The van der Waals surface area contributed by atoms with Crippen molar-refractivity contribution in [1.29, 1.82) is 0 Å². The molecule has 3 rings (SSSR count). The number of nitrogens with two attached hydrogens (primary N) is 1. The summed E-state index contributed by atoms with van der Waals surface area (Å²) in [4.78, 5) is 24.2. The van der Waals surface area contributed by atoms with Crippen molar-refractivity contribution in [1.82, 2.24) is 10.3 Å². The summed E-state index contributed by atoms with van der Waals surface area (Å²) in [5.41, 5.74) is 8.28. The molecule has 1 amide bonds. The lowest BCUT2D eigenvalue weighted by atomic mass is 9.96. The molecule has 1 aromatic carbocycles. The molecule has 0 spiro atoms. The molecule has 0 aliphatic carbocycles. The maximum atomic E-state index is 12.1. The number of carboxylic acids is 1. The third-order valence-corrected chi connectivity index (χ3v) is 3.88. The second kappa shape index (κ2) is 7.65. The highest BCUT2D eigenvalue weighted by atomic mass is 19.4. The van der Waals surface area contributed by atoms with Crippen LogP contribution in [0.5, 0.6) is 5.75 Å². The van der Waals surface area contributed by atoms with Crippen LogP contribution < -0.4 is 15.8 Å². The number of methoxy groups -OCH3 is 1. The number of aliphatic carboxylic acids is 1. The Morgan fingerprint density at radius 3 is 2.62 bits per heavy atom. The molecular weight excluding hydrogens is 355 g/mol. The first kappa shape index (κ1) is 19.6. The van der Waals surface area contributed by atoms with Crippen molar-refractivity contribution in [3.8, 4) is 5.75 Å². The fourth-order valence-electron chi connectivity index (χ4n) is 2.69. The molecule has 0 saturated carbocycles. The van der Waals surface area contributed by atoms with Crippen molar-refractivity contribution in [3.05, 3.63) is 29.5 Å². The van der Waals surface area contributed by atoms with Crippen molar-refractivity contribution in [3.63, 3.8) is 0 Å². The number of carboxylic acid groups (broad SMARTS) is 1. The van der Waals surface area contributed by atoms with E-state index in [9.17, 15) is 18.0 Å². The third-order valence-electron chi connectivity index (χ3n) is 3.88. The lowest BCUT2D eigenvalue weighted by Crippen LogP contribution is -2.42. The summed E-state index contributed by atoms with van der Waals surface area (Å²) in [6.45, 7) is 0.575. The third kappa shape index (κ3) is 4.26. The van der Waals surface area contributed by atoms with Crippen LogP contribution in [0.15, 0.2) is 18.2 Å². The van der Waals surface area contributed by atoms with Gasteiger partial charge in [0.1, 0.15) is 11.4 Å². The molecule has 1 aliphatic heterocycles. The van der Waals surface area contributed by atoms with Crippen molar-refractivity contribution < 1.29 is 32.6 Å². The molecule has 1 aliphatic rings. The number of aromatic amines is 1. The minimum atomic E-state index is -5.08. The minimum Gasteiger partial charge on any atom is -0.497 e. The maximum absolute atomic E-state index is 12.1. The highest BCUT2D eigenvalue weighted by Gasteiger charge is 2.38. The average Bonchev–Trinajstić information content (AvgIpc) is 2.93. The topological polar surface area (TPSA) is 117 Å². The second-order valence-corrected chi connectivity index (χ2v) is 5.64. The van der Waals surface area contributed by atoms with Gasteiger partial charge in [-0.1, -0.05) is 0 Å². The van der Waals surface area contributed by atoms with Crippen LogP contribution in [0.3, 0.4) is 0 Å². The number of carbonyl (C=O) groups excluding carboxylic acids is 1. The summed E-state index contributed by atoms with van der Waals surface area (Å²) in [7, 11) is 1.64. The number of ether oxygens (including phenoxy) is 1. The summed E-state index contributed by atoms with van der Waals surface area (Å²) in [6.07, 6.45) is -3.48. The normalized spacial score (nSPS) is 16.3. The van der Waals surface area contributed by atoms with Crippen LogP contribution in [0.4, 0.5) is 13.2 Å². The molecule has 1 atom stereocenters. The van der Waals surface area contributed by atoms with Gasteiger partial charge >= 0.3 is 12.1 Å². The molecule has 7 nitrogen and oxygen atoms in total. The molecule has 0 saturated heterocycles. The standard InChI is InChI=1S/C14H17N3O2.C2HF3O2/c1-19-9-2-3-12-10(7-9)11-6-8(4-5-15)16-14(18)13(11)17-12;3-2(4,5)1(6)7/h2-3,7-8,17H,4-6,15H2,1H3,(H,16,18);(H,6,7). The van der Waals surface area contributed by atoms with Crippen LogP contribution in [-0.4, -0.2) is 47.8 Å². The monoisotopic (exact) mass is 373 g/mol. The highest BCUT2D eigenvalue weighted by molar-refractivity contribution is 6.02. The Bertz CT molecular complexity index is 817. The van der Waals surface area contributed by atoms with Crippen LogP contribution in [0.2, 0.25) is 0 Å². The number of fused-ring (bicyclic) bond motifs is 3.